The number of hydrogen-bond acceptors (Lipinski definition) is 4. The summed E-state index contributed by atoms with van der Waals surface area (Å²) in [5.41, 5.74) is 4.97. The van der Waals surface area contributed by atoms with Gasteiger partial charge in [-0.25, -0.2) is 4.79 Å². The Bertz CT molecular complexity index is 542. The van der Waals surface area contributed by atoms with Crippen molar-refractivity contribution in [1.82, 2.24) is 10.2 Å². The van der Waals surface area contributed by atoms with E-state index in [9.17, 15) is 14.4 Å². The Balaban J connectivity index is 1.75. The summed E-state index contributed by atoms with van der Waals surface area (Å²) in [6.45, 7) is 1.18. The number of Topliss-reactive ketones (excluding diaryl/α,β-unsaturated/α-hetero) is 1. The smallest absolute Gasteiger partial charge is 0.312 e. The van der Waals surface area contributed by atoms with Gasteiger partial charge in [-0.05, 0) is 37.8 Å². The average Bonchev–Trinajstić information content (AvgIpc) is 3.17. The molecule has 3 N–H and O–H groups in total. The minimum absolute atomic E-state index is 0.0381. The van der Waals surface area contributed by atoms with Crippen LogP contribution in [0.4, 0.5) is 4.79 Å². The molecule has 2 rings (SSSR count). The zero-order chi connectivity index (χ0) is 16.7. The number of nitrogens with two attached hydrogens (primary N) is 1. The van der Waals surface area contributed by atoms with Gasteiger partial charge in [-0.15, -0.1) is 0 Å². The summed E-state index contributed by atoms with van der Waals surface area (Å²) in [5, 5.41) is 2.50. The van der Waals surface area contributed by atoms with Crippen molar-refractivity contribution in [1.29, 1.82) is 0 Å². The van der Waals surface area contributed by atoms with Crippen LogP contribution in [0.15, 0.2) is 22.8 Å². The van der Waals surface area contributed by atoms with Crippen LogP contribution in [-0.4, -0.2) is 41.8 Å². The van der Waals surface area contributed by atoms with Gasteiger partial charge in [-0.3, -0.25) is 9.59 Å². The molecule has 7 nitrogen and oxygen atoms in total. The molecule has 1 fully saturated rings. The third-order valence-corrected chi connectivity index (χ3v) is 4.03. The molecule has 0 bridgehead atoms. The minimum atomic E-state index is -0.549. The van der Waals surface area contributed by atoms with Crippen LogP contribution in [-0.2, 0) is 4.79 Å². The predicted molar refractivity (Wildman–Crippen MR) is 83.8 cm³/mol. The van der Waals surface area contributed by atoms with Gasteiger partial charge in [0, 0.05) is 32.0 Å². The molecule has 1 unspecified atom stereocenters. The van der Waals surface area contributed by atoms with E-state index in [0.29, 0.717) is 44.5 Å². The molecule has 1 atom stereocenters. The number of rotatable bonds is 8. The molecule has 1 aromatic heterocycles. The lowest BCUT2D eigenvalue weighted by Crippen LogP contribution is -2.36. The van der Waals surface area contributed by atoms with Crippen LogP contribution in [0.3, 0.4) is 0 Å². The number of likely N-dealkylation sites (tertiary alicyclic amines) is 1. The summed E-state index contributed by atoms with van der Waals surface area (Å²) in [6, 6.07) is 2.75. The first-order chi connectivity index (χ1) is 11.1. The lowest BCUT2D eigenvalue weighted by atomic mass is 10.1. The molecule has 3 amide bonds. The van der Waals surface area contributed by atoms with E-state index < -0.39 is 6.03 Å². The molecular formula is C16H23N3O4. The van der Waals surface area contributed by atoms with E-state index in [2.05, 4.69) is 5.32 Å². The maximum Gasteiger partial charge on any atom is 0.312 e. The fraction of sp³-hybridized carbons (Fsp3) is 0.562. The van der Waals surface area contributed by atoms with Crippen molar-refractivity contribution in [2.75, 3.05) is 13.1 Å². The second kappa shape index (κ2) is 8.36. The molecular weight excluding hydrogens is 298 g/mol. The highest BCUT2D eigenvalue weighted by Gasteiger charge is 2.30. The van der Waals surface area contributed by atoms with Gasteiger partial charge in [0.05, 0.1) is 6.26 Å². The van der Waals surface area contributed by atoms with Crippen molar-refractivity contribution >= 4 is 17.7 Å². The Morgan fingerprint density at radius 3 is 2.87 bits per heavy atom. The molecule has 1 aromatic rings. The zero-order valence-electron chi connectivity index (χ0n) is 13.1. The van der Waals surface area contributed by atoms with E-state index in [4.69, 9.17) is 10.2 Å². The van der Waals surface area contributed by atoms with Gasteiger partial charge >= 0.3 is 6.03 Å². The Kier molecular flexibility index (Phi) is 6.19. The lowest BCUT2D eigenvalue weighted by Gasteiger charge is -2.24. The molecule has 2 heterocycles. The van der Waals surface area contributed by atoms with E-state index in [1.807, 2.05) is 4.90 Å². The molecule has 1 saturated heterocycles. The van der Waals surface area contributed by atoms with Gasteiger partial charge < -0.3 is 20.4 Å². The normalized spacial score (nSPS) is 17.2. The summed E-state index contributed by atoms with van der Waals surface area (Å²) < 4.78 is 5.11. The second-order valence-corrected chi connectivity index (χ2v) is 5.74. The number of nitrogens with one attached hydrogen (secondary N) is 1. The molecule has 1 aliphatic heterocycles. The maximum atomic E-state index is 12.3. The predicted octanol–water partition coefficient (Wildman–Crippen LogP) is 1.68. The molecule has 0 aliphatic carbocycles. The highest BCUT2D eigenvalue weighted by molar-refractivity contribution is 5.94. The first-order valence-electron chi connectivity index (χ1n) is 7.97. The zero-order valence-corrected chi connectivity index (χ0v) is 13.1. The van der Waals surface area contributed by atoms with Crippen LogP contribution in [0.5, 0.6) is 0 Å². The van der Waals surface area contributed by atoms with Crippen LogP contribution in [0, 0.1) is 0 Å². The molecule has 23 heavy (non-hydrogen) atoms. The van der Waals surface area contributed by atoms with Crippen LogP contribution < -0.4 is 11.1 Å². The second-order valence-electron chi connectivity index (χ2n) is 5.74. The molecule has 0 aromatic carbocycles. The quantitative estimate of drug-likeness (QED) is 0.561. The number of urea groups is 1. The molecule has 1 aliphatic rings. The first-order valence-corrected chi connectivity index (χ1v) is 7.97. The Labute approximate surface area is 135 Å². The monoisotopic (exact) mass is 321 g/mol. The molecule has 126 valence electrons. The summed E-state index contributed by atoms with van der Waals surface area (Å²) in [5.74, 6) is 0.353. The van der Waals surface area contributed by atoms with E-state index >= 15 is 0 Å². The van der Waals surface area contributed by atoms with Gasteiger partial charge in [0.2, 0.25) is 5.91 Å². The van der Waals surface area contributed by atoms with Crippen molar-refractivity contribution in [3.05, 3.63) is 24.2 Å². The highest BCUT2D eigenvalue weighted by Crippen LogP contribution is 2.23. The molecule has 0 spiro atoms. The number of hydrogen-bond donors (Lipinski definition) is 2. The fourth-order valence-electron chi connectivity index (χ4n) is 2.88. The highest BCUT2D eigenvalue weighted by atomic mass is 16.3. The summed E-state index contributed by atoms with van der Waals surface area (Å²) in [6.07, 6.45) is 5.37. The van der Waals surface area contributed by atoms with Crippen LogP contribution >= 0.6 is 0 Å². The average molecular weight is 321 g/mol. The number of nitrogens with zero attached hydrogens (tertiary/aromatic N) is 1. The number of carbonyl (C=O) groups is 3. The van der Waals surface area contributed by atoms with Crippen LogP contribution in [0.1, 0.15) is 49.1 Å². The standard InChI is InChI=1S/C16H23N3O4/c17-16(22)18-8-2-1-7-15(21)19-9-3-5-12(19)11-13(20)14-6-4-10-23-14/h4,6,10,12H,1-3,5,7-9,11H2,(H3,17,18,22). The van der Waals surface area contributed by atoms with Crippen molar-refractivity contribution in [3.63, 3.8) is 0 Å². The van der Waals surface area contributed by atoms with Gasteiger partial charge in [-0.2, -0.15) is 0 Å². The number of amides is 3. The Morgan fingerprint density at radius 1 is 1.35 bits per heavy atom. The van der Waals surface area contributed by atoms with Gasteiger partial charge in [0.1, 0.15) is 0 Å². The molecule has 0 saturated carbocycles. The number of furan rings is 1. The van der Waals surface area contributed by atoms with Crippen LogP contribution in [0.25, 0.3) is 0 Å². The summed E-state index contributed by atoms with van der Waals surface area (Å²) >= 11 is 0. The number of carbonyl (C=O) groups excluding carboxylic acids is 3. The summed E-state index contributed by atoms with van der Waals surface area (Å²) in [4.78, 5) is 36.8. The van der Waals surface area contributed by atoms with Crippen molar-refractivity contribution in [2.45, 2.75) is 44.6 Å². The topological polar surface area (TPSA) is 106 Å². The Morgan fingerprint density at radius 2 is 2.17 bits per heavy atom. The van der Waals surface area contributed by atoms with Crippen LogP contribution in [0.2, 0.25) is 0 Å². The minimum Gasteiger partial charge on any atom is -0.461 e. The maximum absolute atomic E-state index is 12.3. The number of primary amides is 1. The van der Waals surface area contributed by atoms with Gasteiger partial charge in [0.25, 0.3) is 0 Å². The van der Waals surface area contributed by atoms with Gasteiger partial charge in [0.15, 0.2) is 11.5 Å². The van der Waals surface area contributed by atoms with E-state index in [1.54, 1.807) is 12.1 Å². The van der Waals surface area contributed by atoms with Crippen molar-refractivity contribution in [3.8, 4) is 0 Å². The largest absolute Gasteiger partial charge is 0.461 e. The number of unbranched alkanes of at least 4 members (excludes halogenated alkanes) is 1. The summed E-state index contributed by atoms with van der Waals surface area (Å²) in [7, 11) is 0. The molecule has 7 heteroatoms. The first kappa shape index (κ1) is 17.1. The number of ketones is 1. The van der Waals surface area contributed by atoms with E-state index in [1.165, 1.54) is 6.26 Å². The molecule has 0 radical (unpaired) electrons. The fourth-order valence-corrected chi connectivity index (χ4v) is 2.88. The van der Waals surface area contributed by atoms with E-state index in [0.717, 1.165) is 12.8 Å². The van der Waals surface area contributed by atoms with Crippen molar-refractivity contribution < 1.29 is 18.8 Å². The Hall–Kier alpha value is -2.31. The SMILES string of the molecule is NC(=O)NCCCCC(=O)N1CCCC1CC(=O)c1ccco1. The van der Waals surface area contributed by atoms with E-state index in [-0.39, 0.29) is 17.7 Å². The third-order valence-electron chi connectivity index (χ3n) is 4.03. The van der Waals surface area contributed by atoms with Crippen molar-refractivity contribution in [2.24, 2.45) is 5.73 Å². The third kappa shape index (κ3) is 5.12. The van der Waals surface area contributed by atoms with Gasteiger partial charge in [-0.1, -0.05) is 0 Å². The lowest BCUT2D eigenvalue weighted by molar-refractivity contribution is -0.132.